The van der Waals surface area contributed by atoms with Gasteiger partial charge in [-0.2, -0.15) is 0 Å². The highest BCUT2D eigenvalue weighted by molar-refractivity contribution is 4.12. The van der Waals surface area contributed by atoms with Gasteiger partial charge in [-0.3, -0.25) is 0 Å². The van der Waals surface area contributed by atoms with Crippen molar-refractivity contribution in [2.45, 2.75) is 26.7 Å². The second-order valence-corrected chi connectivity index (χ2v) is 4.00. The molecule has 94 valence electrons. The molecule has 0 heterocycles. The highest BCUT2D eigenvalue weighted by Crippen LogP contribution is 1.76. The molecule has 0 radical (unpaired) electrons. The summed E-state index contributed by atoms with van der Waals surface area (Å²) >= 11 is 0. The lowest BCUT2D eigenvalue weighted by Gasteiger charge is -1.88. The molecule has 0 amide bonds. The second-order valence-electron chi connectivity index (χ2n) is 4.00. The topological polar surface area (TPSA) is 68.9 Å². The van der Waals surface area contributed by atoms with Gasteiger partial charge in [0.15, 0.2) is 0 Å². The van der Waals surface area contributed by atoms with Gasteiger partial charge in [-0.25, -0.2) is 0 Å². The summed E-state index contributed by atoms with van der Waals surface area (Å²) in [7, 11) is 12.5. The van der Waals surface area contributed by atoms with E-state index in [2.05, 4.69) is 56.1 Å². The van der Waals surface area contributed by atoms with E-state index in [-0.39, 0.29) is 11.0 Å². The number of hydrogen-bond acceptors (Lipinski definition) is 2. The molecule has 0 aliphatic rings. The molecular weight excluding hydrogens is 180 g/mol. The summed E-state index contributed by atoms with van der Waals surface area (Å²) in [6.45, 7) is 4.36. The van der Waals surface area contributed by atoms with Gasteiger partial charge in [0.05, 0.1) is 42.3 Å². The molecule has 0 aromatic heterocycles. The smallest absolute Gasteiger partial charge is 0.0661 e. The fourth-order valence-corrected chi connectivity index (χ4v) is 0. The molecule has 0 spiro atoms. The van der Waals surface area contributed by atoms with Crippen LogP contribution in [0.1, 0.15) is 26.7 Å². The summed E-state index contributed by atoms with van der Waals surface area (Å²) in [5.41, 5.74) is 0. The van der Waals surface area contributed by atoms with Crippen molar-refractivity contribution < 1.29 is 20.8 Å². The molecule has 0 saturated heterocycles. The van der Waals surface area contributed by atoms with Gasteiger partial charge in [0.2, 0.25) is 0 Å². The molecule has 4 nitrogen and oxygen atoms in total. The van der Waals surface area contributed by atoms with Gasteiger partial charge in [0.1, 0.15) is 0 Å². The molecular formula is C10H32N2O2. The van der Waals surface area contributed by atoms with Crippen LogP contribution >= 0.6 is 0 Å². The van der Waals surface area contributed by atoms with E-state index in [0.717, 1.165) is 0 Å². The highest BCUT2D eigenvalue weighted by atomic mass is 16.0. The number of quaternary nitrogens is 2. The summed E-state index contributed by atoms with van der Waals surface area (Å²) in [5.74, 6) is 0. The average Bonchev–Trinajstić information content (AvgIpc) is 1.85. The minimum Gasteiger partial charge on any atom is -0.870 e. The van der Waals surface area contributed by atoms with E-state index in [1.807, 2.05) is 0 Å². The van der Waals surface area contributed by atoms with Crippen LogP contribution in [0.4, 0.5) is 0 Å². The maximum absolute atomic E-state index is 2.18. The van der Waals surface area contributed by atoms with Crippen molar-refractivity contribution in [2.75, 3.05) is 42.3 Å². The quantitative estimate of drug-likeness (QED) is 0.584. The van der Waals surface area contributed by atoms with E-state index in [0.29, 0.717) is 0 Å². The molecule has 0 atom stereocenters. The zero-order valence-corrected chi connectivity index (χ0v) is 11.3. The van der Waals surface area contributed by atoms with Crippen LogP contribution in [0.15, 0.2) is 0 Å². The van der Waals surface area contributed by atoms with E-state index < -0.39 is 0 Å². The number of nitrogens with one attached hydrogen (secondary N) is 2. The van der Waals surface area contributed by atoms with Crippen LogP contribution in [0, 0.1) is 0 Å². The lowest BCUT2D eigenvalue weighted by atomic mass is 10.4. The first-order valence-corrected chi connectivity index (χ1v) is 4.91. The molecule has 0 aromatic rings. The molecule has 0 saturated carbocycles. The van der Waals surface area contributed by atoms with Gasteiger partial charge in [0.25, 0.3) is 0 Å². The van der Waals surface area contributed by atoms with Crippen LogP contribution < -0.4 is 9.80 Å². The zero-order valence-electron chi connectivity index (χ0n) is 11.3. The maximum atomic E-state index is 2.18. The number of hydrogen-bond donors (Lipinski definition) is 2. The molecule has 0 unspecified atom stereocenters. The Morgan fingerprint density at radius 2 is 0.643 bits per heavy atom. The Bertz CT molecular complexity index is 46.6. The van der Waals surface area contributed by atoms with Crippen LogP contribution in [-0.2, 0) is 0 Å². The van der Waals surface area contributed by atoms with E-state index >= 15 is 0 Å². The Morgan fingerprint density at radius 1 is 0.571 bits per heavy atom. The summed E-state index contributed by atoms with van der Waals surface area (Å²) < 4.78 is 0. The minimum atomic E-state index is 0. The van der Waals surface area contributed by atoms with E-state index in [4.69, 9.17) is 0 Å². The Hall–Kier alpha value is -0.160. The standard InChI is InChI=1S/C4H10.2C3H9N.2H2O/c1-3-4-2;2*1-4(2)3;;/h3-4H2,1-2H3;2*1-3H3;2*1H2. The van der Waals surface area contributed by atoms with Gasteiger partial charge in [-0.05, 0) is 0 Å². The van der Waals surface area contributed by atoms with Crippen LogP contribution in [0.5, 0.6) is 0 Å². The van der Waals surface area contributed by atoms with Gasteiger partial charge in [-0.1, -0.05) is 26.7 Å². The van der Waals surface area contributed by atoms with Crippen molar-refractivity contribution in [3.05, 3.63) is 0 Å². The van der Waals surface area contributed by atoms with Crippen LogP contribution in [-0.4, -0.2) is 53.2 Å². The first-order valence-electron chi connectivity index (χ1n) is 4.91. The largest absolute Gasteiger partial charge is 0.870 e. The molecule has 0 rings (SSSR count). The summed E-state index contributed by atoms with van der Waals surface area (Å²) in [5, 5.41) is 0. The Balaban J connectivity index is -0.0000000270. The van der Waals surface area contributed by atoms with Crippen molar-refractivity contribution in [2.24, 2.45) is 0 Å². The monoisotopic (exact) mass is 212 g/mol. The minimum absolute atomic E-state index is 0. The van der Waals surface area contributed by atoms with Gasteiger partial charge in [0, 0.05) is 0 Å². The van der Waals surface area contributed by atoms with Crippen LogP contribution in [0.3, 0.4) is 0 Å². The summed E-state index contributed by atoms with van der Waals surface area (Å²) in [6.07, 6.45) is 2.64. The number of unbranched alkanes of at least 4 members (excludes halogenated alkanes) is 1. The van der Waals surface area contributed by atoms with E-state index in [1.54, 1.807) is 0 Å². The van der Waals surface area contributed by atoms with Crippen molar-refractivity contribution in [1.82, 2.24) is 0 Å². The lowest BCUT2D eigenvalue weighted by Crippen LogP contribution is -3.02. The Morgan fingerprint density at radius 3 is 0.643 bits per heavy atom. The molecule has 4 heteroatoms. The van der Waals surface area contributed by atoms with E-state index in [1.165, 1.54) is 22.6 Å². The van der Waals surface area contributed by atoms with Gasteiger partial charge in [-0.15, -0.1) is 0 Å². The van der Waals surface area contributed by atoms with Gasteiger partial charge >= 0.3 is 0 Å². The first-order chi connectivity index (χ1) is 5.38. The number of rotatable bonds is 1. The average molecular weight is 212 g/mol. The lowest BCUT2D eigenvalue weighted by molar-refractivity contribution is -0.836. The third-order valence-corrected chi connectivity index (χ3v) is 0.500. The molecule has 0 aliphatic carbocycles. The second kappa shape index (κ2) is 29.3. The normalized spacial score (nSPS) is 7.29. The van der Waals surface area contributed by atoms with Crippen molar-refractivity contribution in [3.8, 4) is 0 Å². The van der Waals surface area contributed by atoms with E-state index in [9.17, 15) is 0 Å². The molecule has 14 heavy (non-hydrogen) atoms. The third kappa shape index (κ3) is 1970. The molecule has 0 bridgehead atoms. The highest BCUT2D eigenvalue weighted by Gasteiger charge is 1.61. The van der Waals surface area contributed by atoms with Crippen LogP contribution in [0.2, 0.25) is 0 Å². The molecule has 0 aliphatic heterocycles. The summed E-state index contributed by atoms with van der Waals surface area (Å²) in [4.78, 5) is 2.83. The predicted octanol–water partition coefficient (Wildman–Crippen LogP) is -1.03. The zero-order chi connectivity index (χ0) is 10.6. The third-order valence-electron chi connectivity index (χ3n) is 0.500. The first kappa shape index (κ1) is 29.2. The van der Waals surface area contributed by atoms with Crippen LogP contribution in [0.25, 0.3) is 0 Å². The predicted molar refractivity (Wildman–Crippen MR) is 61.9 cm³/mol. The maximum Gasteiger partial charge on any atom is 0.0661 e. The fourth-order valence-electron chi connectivity index (χ4n) is 0. The molecule has 4 N–H and O–H groups in total. The van der Waals surface area contributed by atoms with Crippen molar-refractivity contribution in [3.63, 3.8) is 0 Å². The van der Waals surface area contributed by atoms with Crippen molar-refractivity contribution in [1.29, 1.82) is 0 Å². The van der Waals surface area contributed by atoms with Crippen molar-refractivity contribution >= 4 is 0 Å². The Labute approximate surface area is 90.5 Å². The molecule has 0 fully saturated rings. The molecule has 0 aromatic carbocycles. The SMILES string of the molecule is CCCC.C[NH+](C)C.C[NH+](C)C.[OH-].[OH-]. The fraction of sp³-hybridized carbons (Fsp3) is 1.00. The Kier molecular flexibility index (Phi) is 61.1. The van der Waals surface area contributed by atoms with Gasteiger partial charge < -0.3 is 20.8 Å². The summed E-state index contributed by atoms with van der Waals surface area (Å²) in [6, 6.07) is 0.